The van der Waals surface area contributed by atoms with E-state index in [0.717, 1.165) is 18.2 Å². The molecular formula is C14H10F3NO4S. The van der Waals surface area contributed by atoms with Gasteiger partial charge in [0.25, 0.3) is 10.0 Å². The second-order valence-corrected chi connectivity index (χ2v) is 6.20. The van der Waals surface area contributed by atoms with E-state index in [1.807, 2.05) is 0 Å². The Labute approximate surface area is 129 Å². The second kappa shape index (κ2) is 5.92. The van der Waals surface area contributed by atoms with E-state index in [4.69, 9.17) is 5.11 Å². The van der Waals surface area contributed by atoms with Crippen molar-refractivity contribution in [2.45, 2.75) is 11.1 Å². The van der Waals surface area contributed by atoms with Gasteiger partial charge in [0.2, 0.25) is 0 Å². The van der Waals surface area contributed by atoms with Crippen molar-refractivity contribution in [3.8, 4) is 0 Å². The van der Waals surface area contributed by atoms with Crippen LogP contribution in [-0.2, 0) is 16.2 Å². The van der Waals surface area contributed by atoms with E-state index >= 15 is 0 Å². The quantitative estimate of drug-likeness (QED) is 0.891. The zero-order valence-electron chi connectivity index (χ0n) is 11.3. The highest BCUT2D eigenvalue weighted by Crippen LogP contribution is 2.30. The molecule has 0 unspecified atom stereocenters. The highest BCUT2D eigenvalue weighted by atomic mass is 32.2. The Bertz CT molecular complexity index is 830. The third kappa shape index (κ3) is 4.01. The highest BCUT2D eigenvalue weighted by Gasteiger charge is 2.31. The molecule has 23 heavy (non-hydrogen) atoms. The Balaban J connectivity index is 2.30. The van der Waals surface area contributed by atoms with Gasteiger partial charge < -0.3 is 5.11 Å². The third-order valence-electron chi connectivity index (χ3n) is 2.86. The van der Waals surface area contributed by atoms with Crippen LogP contribution >= 0.6 is 0 Å². The van der Waals surface area contributed by atoms with Crippen molar-refractivity contribution in [2.75, 3.05) is 4.72 Å². The van der Waals surface area contributed by atoms with Gasteiger partial charge >= 0.3 is 12.1 Å². The van der Waals surface area contributed by atoms with Gasteiger partial charge in [-0.3, -0.25) is 4.72 Å². The van der Waals surface area contributed by atoms with Crippen LogP contribution in [0.3, 0.4) is 0 Å². The van der Waals surface area contributed by atoms with Crippen LogP contribution in [0.15, 0.2) is 53.4 Å². The molecule has 9 heteroatoms. The van der Waals surface area contributed by atoms with Crippen LogP contribution in [0.1, 0.15) is 15.9 Å². The van der Waals surface area contributed by atoms with Crippen molar-refractivity contribution >= 4 is 21.7 Å². The van der Waals surface area contributed by atoms with E-state index in [2.05, 4.69) is 4.72 Å². The number of carboxylic acid groups (broad SMARTS) is 1. The van der Waals surface area contributed by atoms with Crippen LogP contribution < -0.4 is 4.72 Å². The first-order chi connectivity index (χ1) is 10.6. The van der Waals surface area contributed by atoms with E-state index in [0.29, 0.717) is 6.07 Å². The summed E-state index contributed by atoms with van der Waals surface area (Å²) in [5, 5.41) is 8.75. The van der Waals surface area contributed by atoms with Crippen molar-refractivity contribution in [2.24, 2.45) is 0 Å². The smallest absolute Gasteiger partial charge is 0.416 e. The van der Waals surface area contributed by atoms with E-state index < -0.39 is 32.6 Å². The summed E-state index contributed by atoms with van der Waals surface area (Å²) in [5.74, 6) is -1.18. The maximum atomic E-state index is 12.6. The van der Waals surface area contributed by atoms with Gasteiger partial charge in [-0.15, -0.1) is 0 Å². The minimum absolute atomic E-state index is 0.0346. The average molecular weight is 345 g/mol. The molecule has 0 saturated heterocycles. The molecule has 2 rings (SSSR count). The Morgan fingerprint density at radius 2 is 1.65 bits per heavy atom. The molecule has 0 amide bonds. The molecule has 0 spiro atoms. The summed E-state index contributed by atoms with van der Waals surface area (Å²) in [6, 6.07) is 8.06. The number of aromatic carboxylic acids is 1. The SMILES string of the molecule is O=C(O)c1ccc(NS(=O)(=O)c2cccc(C(F)(F)F)c2)cc1. The van der Waals surface area contributed by atoms with Crippen molar-refractivity contribution < 1.29 is 31.5 Å². The summed E-state index contributed by atoms with van der Waals surface area (Å²) >= 11 is 0. The topological polar surface area (TPSA) is 83.5 Å². The minimum Gasteiger partial charge on any atom is -0.478 e. The Morgan fingerprint density at radius 1 is 1.04 bits per heavy atom. The number of benzene rings is 2. The summed E-state index contributed by atoms with van der Waals surface area (Å²) in [6.45, 7) is 0. The Morgan fingerprint density at radius 3 is 2.17 bits per heavy atom. The number of hydrogen-bond donors (Lipinski definition) is 2. The predicted molar refractivity (Wildman–Crippen MR) is 75.7 cm³/mol. The molecule has 122 valence electrons. The molecule has 0 atom stereocenters. The third-order valence-corrected chi connectivity index (χ3v) is 4.23. The molecule has 0 fully saturated rings. The number of carboxylic acids is 1. The van der Waals surface area contributed by atoms with Crippen molar-refractivity contribution in [1.29, 1.82) is 0 Å². The van der Waals surface area contributed by atoms with Crippen molar-refractivity contribution in [3.63, 3.8) is 0 Å². The molecule has 0 radical (unpaired) electrons. The summed E-state index contributed by atoms with van der Waals surface area (Å²) in [6.07, 6.45) is -4.66. The van der Waals surface area contributed by atoms with E-state index in [9.17, 15) is 26.4 Å². The lowest BCUT2D eigenvalue weighted by molar-refractivity contribution is -0.137. The first-order valence-corrected chi connectivity index (χ1v) is 7.61. The number of alkyl halides is 3. The fourth-order valence-corrected chi connectivity index (χ4v) is 2.84. The van der Waals surface area contributed by atoms with Gasteiger partial charge in [0.1, 0.15) is 0 Å². The number of nitrogens with one attached hydrogen (secondary N) is 1. The van der Waals surface area contributed by atoms with Crippen molar-refractivity contribution in [3.05, 3.63) is 59.7 Å². The molecule has 0 saturated carbocycles. The van der Waals surface area contributed by atoms with Gasteiger partial charge in [0.15, 0.2) is 0 Å². The molecule has 0 bridgehead atoms. The molecule has 2 N–H and O–H groups in total. The maximum absolute atomic E-state index is 12.6. The average Bonchev–Trinajstić information content (AvgIpc) is 2.46. The molecule has 0 heterocycles. The van der Waals surface area contributed by atoms with Crippen LogP contribution in [0.5, 0.6) is 0 Å². The number of halogens is 3. The van der Waals surface area contributed by atoms with Crippen LogP contribution in [0.25, 0.3) is 0 Å². The largest absolute Gasteiger partial charge is 0.478 e. The van der Waals surface area contributed by atoms with Crippen LogP contribution in [-0.4, -0.2) is 19.5 Å². The first-order valence-electron chi connectivity index (χ1n) is 6.13. The standard InChI is InChI=1S/C14H10F3NO4S/c15-14(16,17)10-2-1-3-12(8-10)23(21,22)18-11-6-4-9(5-7-11)13(19)20/h1-8,18H,(H,19,20). The van der Waals surface area contributed by atoms with E-state index in [-0.39, 0.29) is 11.3 Å². The number of anilines is 1. The van der Waals surface area contributed by atoms with Crippen LogP contribution in [0.4, 0.5) is 18.9 Å². The lowest BCUT2D eigenvalue weighted by Gasteiger charge is -2.11. The van der Waals surface area contributed by atoms with Gasteiger partial charge in [0, 0.05) is 5.69 Å². The summed E-state index contributed by atoms with van der Waals surface area (Å²) in [7, 11) is -4.23. The fourth-order valence-electron chi connectivity index (χ4n) is 1.73. The molecule has 0 aromatic heterocycles. The van der Waals surface area contributed by atoms with Crippen molar-refractivity contribution in [1.82, 2.24) is 0 Å². The molecule has 5 nitrogen and oxygen atoms in total. The van der Waals surface area contributed by atoms with Crippen LogP contribution in [0, 0.1) is 0 Å². The normalized spacial score (nSPS) is 12.0. The zero-order chi connectivity index (χ0) is 17.3. The molecule has 2 aromatic carbocycles. The lowest BCUT2D eigenvalue weighted by atomic mass is 10.2. The Kier molecular flexibility index (Phi) is 4.33. The zero-order valence-corrected chi connectivity index (χ0v) is 12.1. The summed E-state index contributed by atoms with van der Waals surface area (Å²) in [5.41, 5.74) is -1.10. The molecule has 0 aliphatic carbocycles. The predicted octanol–water partition coefficient (Wildman–Crippen LogP) is 3.20. The molecule has 0 aliphatic rings. The van der Waals surface area contributed by atoms with Gasteiger partial charge in [-0.05, 0) is 42.5 Å². The fraction of sp³-hybridized carbons (Fsp3) is 0.0714. The number of sulfonamides is 1. The van der Waals surface area contributed by atoms with E-state index in [1.54, 1.807) is 0 Å². The van der Waals surface area contributed by atoms with Gasteiger partial charge in [-0.25, -0.2) is 13.2 Å². The number of rotatable bonds is 4. The molecular weight excluding hydrogens is 335 g/mol. The molecule has 0 aliphatic heterocycles. The van der Waals surface area contributed by atoms with E-state index in [1.165, 1.54) is 24.3 Å². The minimum atomic E-state index is -4.66. The Hall–Kier alpha value is -2.55. The first kappa shape index (κ1) is 16.8. The summed E-state index contributed by atoms with van der Waals surface area (Å²) in [4.78, 5) is 10.2. The second-order valence-electron chi connectivity index (χ2n) is 4.51. The van der Waals surface area contributed by atoms with Crippen LogP contribution in [0.2, 0.25) is 0 Å². The monoisotopic (exact) mass is 345 g/mol. The molecule has 2 aromatic rings. The lowest BCUT2D eigenvalue weighted by Crippen LogP contribution is -2.14. The van der Waals surface area contributed by atoms with Gasteiger partial charge in [-0.1, -0.05) is 6.07 Å². The summed E-state index contributed by atoms with van der Waals surface area (Å²) < 4.78 is 64.2. The maximum Gasteiger partial charge on any atom is 0.416 e. The van der Waals surface area contributed by atoms with Gasteiger partial charge in [-0.2, -0.15) is 13.2 Å². The number of hydrogen-bond acceptors (Lipinski definition) is 3. The number of carbonyl (C=O) groups is 1. The van der Waals surface area contributed by atoms with Gasteiger partial charge in [0.05, 0.1) is 16.0 Å². The highest BCUT2D eigenvalue weighted by molar-refractivity contribution is 7.92.